The van der Waals surface area contributed by atoms with Crippen LogP contribution in [-0.2, 0) is 0 Å². The zero-order valence-electron chi connectivity index (χ0n) is 9.61. The number of rotatable bonds is 2. The fourth-order valence-corrected chi connectivity index (χ4v) is 2.34. The van der Waals surface area contributed by atoms with Gasteiger partial charge in [0.25, 0.3) is 0 Å². The molecular weight excluding hydrogens is 214 g/mol. The maximum Gasteiger partial charge on any atom is 0.115 e. The predicted octanol–water partition coefficient (Wildman–Crippen LogP) is 1.51. The Bertz CT molecular complexity index is 445. The molecule has 0 unspecified atom stereocenters. The van der Waals surface area contributed by atoms with Crippen molar-refractivity contribution in [2.45, 2.75) is 18.9 Å². The third-order valence-corrected chi connectivity index (χ3v) is 3.28. The Balaban J connectivity index is 1.65. The van der Waals surface area contributed by atoms with Crippen LogP contribution in [0.5, 0.6) is 0 Å². The fraction of sp³-hybridized carbons (Fsp3) is 0.417. The van der Waals surface area contributed by atoms with Gasteiger partial charge in [-0.3, -0.25) is 4.68 Å². The number of hydrogen-bond acceptors (Lipinski definition) is 4. The number of hydrogen-bond donors (Lipinski definition) is 0. The van der Waals surface area contributed by atoms with Crippen molar-refractivity contribution in [2.24, 2.45) is 0 Å². The Hall–Kier alpha value is -1.91. The zero-order valence-corrected chi connectivity index (χ0v) is 9.61. The summed E-state index contributed by atoms with van der Waals surface area (Å²) in [6, 6.07) is 2.52. The van der Waals surface area contributed by atoms with Crippen LogP contribution < -0.4 is 4.90 Å². The standard InChI is InChI=1S/C12H15N5/c1-4-15-17(5-1)11-2-6-16(7-3-11)12-8-13-10-14-9-12/h1,4-5,8-11H,2-3,6-7H2. The molecule has 1 aliphatic rings. The van der Waals surface area contributed by atoms with E-state index in [0.717, 1.165) is 31.6 Å². The lowest BCUT2D eigenvalue weighted by atomic mass is 10.1. The molecule has 0 spiro atoms. The summed E-state index contributed by atoms with van der Waals surface area (Å²) in [6.45, 7) is 2.08. The largest absolute Gasteiger partial charge is 0.369 e. The molecule has 0 N–H and O–H groups in total. The molecule has 0 aromatic carbocycles. The van der Waals surface area contributed by atoms with E-state index in [1.807, 2.05) is 30.9 Å². The summed E-state index contributed by atoms with van der Waals surface area (Å²) >= 11 is 0. The molecule has 1 fully saturated rings. The summed E-state index contributed by atoms with van der Waals surface area (Å²) < 4.78 is 2.07. The normalized spacial score (nSPS) is 17.3. The molecule has 0 atom stereocenters. The average Bonchev–Trinajstić information content (AvgIpc) is 2.94. The van der Waals surface area contributed by atoms with E-state index in [0.29, 0.717) is 6.04 Å². The average molecular weight is 229 g/mol. The van der Waals surface area contributed by atoms with Crippen LogP contribution in [0.4, 0.5) is 5.69 Å². The lowest BCUT2D eigenvalue weighted by Crippen LogP contribution is -2.34. The first-order valence-corrected chi connectivity index (χ1v) is 5.92. The van der Waals surface area contributed by atoms with Crippen LogP contribution in [0.2, 0.25) is 0 Å². The highest BCUT2D eigenvalue weighted by Crippen LogP contribution is 2.24. The van der Waals surface area contributed by atoms with Crippen molar-refractivity contribution < 1.29 is 0 Å². The van der Waals surface area contributed by atoms with Gasteiger partial charge >= 0.3 is 0 Å². The lowest BCUT2D eigenvalue weighted by Gasteiger charge is -2.33. The molecule has 0 amide bonds. The summed E-state index contributed by atoms with van der Waals surface area (Å²) in [5.74, 6) is 0. The summed E-state index contributed by atoms with van der Waals surface area (Å²) in [7, 11) is 0. The van der Waals surface area contributed by atoms with Crippen molar-refractivity contribution >= 4 is 5.69 Å². The molecule has 3 heterocycles. The molecule has 5 heteroatoms. The van der Waals surface area contributed by atoms with Crippen LogP contribution in [-0.4, -0.2) is 32.8 Å². The van der Waals surface area contributed by atoms with Crippen molar-refractivity contribution in [3.63, 3.8) is 0 Å². The molecular formula is C12H15N5. The maximum absolute atomic E-state index is 4.31. The Morgan fingerprint density at radius 2 is 1.88 bits per heavy atom. The van der Waals surface area contributed by atoms with Gasteiger partial charge in [0.05, 0.1) is 24.1 Å². The van der Waals surface area contributed by atoms with Gasteiger partial charge in [-0.2, -0.15) is 5.10 Å². The molecule has 2 aromatic heterocycles. The highest BCUT2D eigenvalue weighted by Gasteiger charge is 2.20. The molecule has 2 aromatic rings. The van der Waals surface area contributed by atoms with Gasteiger partial charge in [0, 0.05) is 25.5 Å². The van der Waals surface area contributed by atoms with Crippen molar-refractivity contribution in [3.05, 3.63) is 37.2 Å². The van der Waals surface area contributed by atoms with Gasteiger partial charge in [-0.25, -0.2) is 9.97 Å². The van der Waals surface area contributed by atoms with Crippen LogP contribution in [0.15, 0.2) is 37.2 Å². The second kappa shape index (κ2) is 4.53. The van der Waals surface area contributed by atoms with Crippen molar-refractivity contribution in [1.29, 1.82) is 0 Å². The summed E-state index contributed by atoms with van der Waals surface area (Å²) in [6.07, 6.45) is 11.5. The minimum absolute atomic E-state index is 0.533. The zero-order chi connectivity index (χ0) is 11.5. The number of anilines is 1. The first kappa shape index (κ1) is 10.3. The molecule has 88 valence electrons. The van der Waals surface area contributed by atoms with Gasteiger partial charge < -0.3 is 4.90 Å². The quantitative estimate of drug-likeness (QED) is 0.783. The van der Waals surface area contributed by atoms with E-state index >= 15 is 0 Å². The smallest absolute Gasteiger partial charge is 0.115 e. The van der Waals surface area contributed by atoms with Gasteiger partial charge in [0.2, 0.25) is 0 Å². The second-order valence-corrected chi connectivity index (χ2v) is 4.30. The second-order valence-electron chi connectivity index (χ2n) is 4.30. The van der Waals surface area contributed by atoms with Crippen LogP contribution in [0, 0.1) is 0 Å². The van der Waals surface area contributed by atoms with Gasteiger partial charge in [-0.1, -0.05) is 0 Å². The van der Waals surface area contributed by atoms with E-state index in [2.05, 4.69) is 24.6 Å². The number of nitrogens with zero attached hydrogens (tertiary/aromatic N) is 5. The van der Waals surface area contributed by atoms with Crippen LogP contribution in [0.1, 0.15) is 18.9 Å². The topological polar surface area (TPSA) is 46.8 Å². The fourth-order valence-electron chi connectivity index (χ4n) is 2.34. The summed E-state index contributed by atoms with van der Waals surface area (Å²) in [5.41, 5.74) is 1.12. The van der Waals surface area contributed by atoms with E-state index in [-0.39, 0.29) is 0 Å². The first-order valence-electron chi connectivity index (χ1n) is 5.92. The van der Waals surface area contributed by atoms with E-state index in [9.17, 15) is 0 Å². The molecule has 1 aliphatic heterocycles. The Morgan fingerprint density at radius 1 is 1.12 bits per heavy atom. The van der Waals surface area contributed by atoms with E-state index in [1.54, 1.807) is 6.33 Å². The first-order chi connectivity index (χ1) is 8.43. The predicted molar refractivity (Wildman–Crippen MR) is 64.7 cm³/mol. The molecule has 3 rings (SSSR count). The molecule has 0 bridgehead atoms. The van der Waals surface area contributed by atoms with Gasteiger partial charge in [0.1, 0.15) is 6.33 Å². The SMILES string of the molecule is c1cnn(C2CCN(c3cncnc3)CC2)c1. The monoisotopic (exact) mass is 229 g/mol. The summed E-state index contributed by atoms with van der Waals surface area (Å²) in [5, 5.41) is 4.31. The van der Waals surface area contributed by atoms with Crippen molar-refractivity contribution in [2.75, 3.05) is 18.0 Å². The van der Waals surface area contributed by atoms with Crippen LogP contribution >= 0.6 is 0 Å². The molecule has 0 saturated carbocycles. The van der Waals surface area contributed by atoms with E-state index in [4.69, 9.17) is 0 Å². The number of aromatic nitrogens is 4. The third kappa shape index (κ3) is 2.13. The van der Waals surface area contributed by atoms with Crippen molar-refractivity contribution in [1.82, 2.24) is 19.7 Å². The molecule has 1 saturated heterocycles. The third-order valence-electron chi connectivity index (χ3n) is 3.28. The Morgan fingerprint density at radius 3 is 2.53 bits per heavy atom. The van der Waals surface area contributed by atoms with E-state index in [1.165, 1.54) is 0 Å². The molecule has 17 heavy (non-hydrogen) atoms. The van der Waals surface area contributed by atoms with Gasteiger partial charge in [-0.05, 0) is 18.9 Å². The highest BCUT2D eigenvalue weighted by molar-refractivity contribution is 5.41. The number of piperidine rings is 1. The molecule has 5 nitrogen and oxygen atoms in total. The maximum atomic E-state index is 4.31. The van der Waals surface area contributed by atoms with Crippen molar-refractivity contribution in [3.8, 4) is 0 Å². The van der Waals surface area contributed by atoms with Gasteiger partial charge in [-0.15, -0.1) is 0 Å². The van der Waals surface area contributed by atoms with Crippen LogP contribution in [0.25, 0.3) is 0 Å². The summed E-state index contributed by atoms with van der Waals surface area (Å²) in [4.78, 5) is 10.5. The minimum atomic E-state index is 0.533. The Labute approximate surface area is 100 Å². The lowest BCUT2D eigenvalue weighted by molar-refractivity contribution is 0.367. The van der Waals surface area contributed by atoms with Crippen LogP contribution in [0.3, 0.4) is 0 Å². The molecule has 0 radical (unpaired) electrons. The van der Waals surface area contributed by atoms with Gasteiger partial charge in [0.15, 0.2) is 0 Å². The molecule has 0 aliphatic carbocycles. The Kier molecular flexibility index (Phi) is 2.73. The van der Waals surface area contributed by atoms with E-state index < -0.39 is 0 Å². The minimum Gasteiger partial charge on any atom is -0.369 e. The highest BCUT2D eigenvalue weighted by atomic mass is 15.3.